The Hall–Kier alpha value is -2.67. The van der Waals surface area contributed by atoms with Gasteiger partial charge in [0.25, 0.3) is 0 Å². The molecular formula is C29H36N2O3S. The first-order chi connectivity index (χ1) is 17.0. The van der Waals surface area contributed by atoms with Crippen molar-refractivity contribution < 1.29 is 14.6 Å². The average molecular weight is 493 g/mol. The molecule has 3 aromatic rings. The van der Waals surface area contributed by atoms with Crippen molar-refractivity contribution in [2.45, 2.75) is 45.3 Å². The molecule has 1 amide bonds. The number of aryl methyl sites for hydroxylation is 1. The Morgan fingerprint density at radius 2 is 1.94 bits per heavy atom. The highest BCUT2D eigenvalue weighted by atomic mass is 32.1. The number of amides is 1. The van der Waals surface area contributed by atoms with Crippen LogP contribution in [-0.2, 0) is 17.6 Å². The summed E-state index contributed by atoms with van der Waals surface area (Å²) in [4.78, 5) is 19.0. The van der Waals surface area contributed by atoms with Crippen LogP contribution in [0.4, 0.5) is 0 Å². The number of thiophene rings is 1. The van der Waals surface area contributed by atoms with Gasteiger partial charge in [-0.15, -0.1) is 11.3 Å². The van der Waals surface area contributed by atoms with Gasteiger partial charge in [-0.2, -0.15) is 0 Å². The van der Waals surface area contributed by atoms with Crippen molar-refractivity contribution in [3.05, 3.63) is 87.6 Å². The van der Waals surface area contributed by atoms with Crippen LogP contribution in [0.5, 0.6) is 5.75 Å². The van der Waals surface area contributed by atoms with Gasteiger partial charge in [0.2, 0.25) is 5.91 Å². The first-order valence-corrected chi connectivity index (χ1v) is 13.4. The summed E-state index contributed by atoms with van der Waals surface area (Å²) >= 11 is 1.76. The molecule has 0 bridgehead atoms. The van der Waals surface area contributed by atoms with Crippen LogP contribution in [0.25, 0.3) is 0 Å². The molecule has 0 saturated heterocycles. The molecule has 186 valence electrons. The van der Waals surface area contributed by atoms with Gasteiger partial charge in [0.15, 0.2) is 0 Å². The maximum atomic E-state index is 13.6. The van der Waals surface area contributed by atoms with Crippen LogP contribution >= 0.6 is 11.3 Å². The minimum absolute atomic E-state index is 0.0970. The normalized spacial score (nSPS) is 16.2. The van der Waals surface area contributed by atoms with Crippen molar-refractivity contribution in [1.29, 1.82) is 0 Å². The van der Waals surface area contributed by atoms with E-state index in [1.54, 1.807) is 11.3 Å². The summed E-state index contributed by atoms with van der Waals surface area (Å²) in [6.45, 7) is 6.86. The molecule has 1 aliphatic rings. The van der Waals surface area contributed by atoms with Crippen molar-refractivity contribution in [2.75, 3.05) is 32.8 Å². The van der Waals surface area contributed by atoms with E-state index in [0.29, 0.717) is 32.7 Å². The smallest absolute Gasteiger partial charge is 0.237 e. The van der Waals surface area contributed by atoms with Crippen molar-refractivity contribution in [1.82, 2.24) is 9.80 Å². The van der Waals surface area contributed by atoms with Crippen LogP contribution in [0, 0.1) is 6.92 Å². The summed E-state index contributed by atoms with van der Waals surface area (Å²) in [5.74, 6) is 0.918. The fraction of sp³-hybridized carbons (Fsp3) is 0.414. The lowest BCUT2D eigenvalue weighted by Gasteiger charge is -2.37. The quantitative estimate of drug-likeness (QED) is 0.415. The third-order valence-corrected chi connectivity index (χ3v) is 7.52. The summed E-state index contributed by atoms with van der Waals surface area (Å²) in [5, 5.41) is 12.8. The zero-order valence-electron chi connectivity index (χ0n) is 20.7. The number of nitrogens with zero attached hydrogens (tertiary/aromatic N) is 2. The van der Waals surface area contributed by atoms with E-state index in [0.717, 1.165) is 30.7 Å². The van der Waals surface area contributed by atoms with E-state index < -0.39 is 6.10 Å². The Kier molecular flexibility index (Phi) is 8.96. The molecule has 2 heterocycles. The van der Waals surface area contributed by atoms with Crippen molar-refractivity contribution in [3.8, 4) is 5.75 Å². The molecule has 0 aliphatic carbocycles. The predicted molar refractivity (Wildman–Crippen MR) is 142 cm³/mol. The van der Waals surface area contributed by atoms with E-state index in [1.807, 2.05) is 59.5 Å². The summed E-state index contributed by atoms with van der Waals surface area (Å²) in [5.41, 5.74) is 3.50. The largest absolute Gasteiger partial charge is 0.491 e. The van der Waals surface area contributed by atoms with Gasteiger partial charge in [0.05, 0.1) is 18.7 Å². The van der Waals surface area contributed by atoms with E-state index >= 15 is 0 Å². The molecule has 5 nitrogen and oxygen atoms in total. The van der Waals surface area contributed by atoms with Crippen LogP contribution in [0.1, 0.15) is 41.0 Å². The molecule has 2 aromatic carbocycles. The van der Waals surface area contributed by atoms with Gasteiger partial charge < -0.3 is 14.7 Å². The molecule has 35 heavy (non-hydrogen) atoms. The van der Waals surface area contributed by atoms with E-state index in [9.17, 15) is 9.90 Å². The van der Waals surface area contributed by atoms with Crippen molar-refractivity contribution >= 4 is 17.2 Å². The zero-order valence-corrected chi connectivity index (χ0v) is 21.5. The number of aliphatic hydroxyl groups is 1. The number of benzene rings is 2. The Balaban J connectivity index is 1.42. The van der Waals surface area contributed by atoms with E-state index in [1.165, 1.54) is 16.0 Å². The van der Waals surface area contributed by atoms with Gasteiger partial charge in [-0.3, -0.25) is 9.69 Å². The number of hydrogen-bond donors (Lipinski definition) is 1. The second-order valence-electron chi connectivity index (χ2n) is 9.35. The molecular weight excluding hydrogens is 456 g/mol. The number of rotatable bonds is 11. The van der Waals surface area contributed by atoms with Crippen molar-refractivity contribution in [3.63, 3.8) is 0 Å². The van der Waals surface area contributed by atoms with Gasteiger partial charge in [-0.05, 0) is 67.4 Å². The molecule has 1 N–H and O–H groups in total. The van der Waals surface area contributed by atoms with Gasteiger partial charge in [0, 0.05) is 18.0 Å². The van der Waals surface area contributed by atoms with Gasteiger partial charge in [-0.25, -0.2) is 0 Å². The van der Waals surface area contributed by atoms with E-state index in [2.05, 4.69) is 30.2 Å². The van der Waals surface area contributed by atoms with E-state index in [-0.39, 0.29) is 11.9 Å². The monoisotopic (exact) mass is 492 g/mol. The maximum Gasteiger partial charge on any atom is 0.237 e. The number of hydrogen-bond acceptors (Lipinski definition) is 5. The molecule has 0 spiro atoms. The minimum atomic E-state index is -0.512. The lowest BCUT2D eigenvalue weighted by molar-refractivity contribution is -0.136. The fourth-order valence-electron chi connectivity index (χ4n) is 4.77. The van der Waals surface area contributed by atoms with Crippen LogP contribution < -0.4 is 4.74 Å². The molecule has 0 fully saturated rings. The highest BCUT2D eigenvalue weighted by Crippen LogP contribution is 2.34. The second kappa shape index (κ2) is 12.3. The minimum Gasteiger partial charge on any atom is -0.491 e. The number of carbonyl (C=O) groups is 1. The average Bonchev–Trinajstić information content (AvgIpc) is 3.33. The first kappa shape index (κ1) is 25.4. The van der Waals surface area contributed by atoms with Gasteiger partial charge in [0.1, 0.15) is 12.4 Å². The van der Waals surface area contributed by atoms with Crippen LogP contribution in [-0.4, -0.2) is 59.7 Å². The summed E-state index contributed by atoms with van der Waals surface area (Å²) in [7, 11) is 0. The summed E-state index contributed by atoms with van der Waals surface area (Å²) in [6.07, 6.45) is 1.89. The second-order valence-corrected chi connectivity index (χ2v) is 10.4. The predicted octanol–water partition coefficient (Wildman–Crippen LogP) is 4.88. The van der Waals surface area contributed by atoms with Crippen LogP contribution in [0.3, 0.4) is 0 Å². The number of aliphatic hydroxyl groups excluding tert-OH is 1. The number of ether oxygens (including phenoxy) is 1. The lowest BCUT2D eigenvalue weighted by Crippen LogP contribution is -2.48. The van der Waals surface area contributed by atoms with Crippen LogP contribution in [0.2, 0.25) is 0 Å². The summed E-state index contributed by atoms with van der Waals surface area (Å²) < 4.78 is 6.15. The standard InChI is InChI=1S/C29H36N2O3S/c1-3-15-30(19-24(32)18-23-7-5-4-6-8-23)20-29(33)31-16-13-28-26(14-17-35-28)27(31)21-34-25-11-9-22(2)10-12-25/h4-12,14,17,24,27,32H,3,13,15-16,18-21H2,1-2H3/t24-,27-/m1/s1. The zero-order chi connectivity index (χ0) is 24.6. The molecule has 0 saturated carbocycles. The Morgan fingerprint density at radius 1 is 1.17 bits per heavy atom. The maximum absolute atomic E-state index is 13.6. The molecule has 2 atom stereocenters. The van der Waals surface area contributed by atoms with Gasteiger partial charge >= 0.3 is 0 Å². The lowest BCUT2D eigenvalue weighted by atomic mass is 10.00. The molecule has 1 aromatic heterocycles. The third-order valence-electron chi connectivity index (χ3n) is 6.53. The van der Waals surface area contributed by atoms with Crippen LogP contribution in [0.15, 0.2) is 66.0 Å². The highest BCUT2D eigenvalue weighted by Gasteiger charge is 2.33. The molecule has 0 unspecified atom stereocenters. The Morgan fingerprint density at radius 3 is 2.69 bits per heavy atom. The third kappa shape index (κ3) is 6.94. The molecule has 1 aliphatic heterocycles. The molecule has 4 rings (SSSR count). The van der Waals surface area contributed by atoms with E-state index in [4.69, 9.17) is 4.74 Å². The van der Waals surface area contributed by atoms with Gasteiger partial charge in [-0.1, -0.05) is 55.0 Å². The van der Waals surface area contributed by atoms with Crippen molar-refractivity contribution in [2.24, 2.45) is 0 Å². The molecule has 6 heteroatoms. The highest BCUT2D eigenvalue weighted by molar-refractivity contribution is 7.10. The number of carbonyl (C=O) groups excluding carboxylic acids is 1. The Bertz CT molecular complexity index is 1070. The first-order valence-electron chi connectivity index (χ1n) is 12.5. The fourth-order valence-corrected chi connectivity index (χ4v) is 5.69. The molecule has 0 radical (unpaired) electrons. The topological polar surface area (TPSA) is 53.0 Å². The SMILES string of the molecule is CCCN(CC(=O)N1CCc2sccc2[C@H]1COc1ccc(C)cc1)C[C@H](O)Cc1ccccc1. The summed E-state index contributed by atoms with van der Waals surface area (Å²) in [6, 6.07) is 20.1. The Labute approximate surface area is 213 Å². The number of fused-ring (bicyclic) bond motifs is 1.